The molecule has 0 aromatic heterocycles. The van der Waals surface area contributed by atoms with Crippen molar-refractivity contribution in [1.82, 2.24) is 10.9 Å². The highest BCUT2D eigenvalue weighted by atomic mass is 35.5. The Bertz CT molecular complexity index is 473. The van der Waals surface area contributed by atoms with Gasteiger partial charge in [0.25, 0.3) is 5.91 Å². The van der Waals surface area contributed by atoms with Crippen molar-refractivity contribution < 1.29 is 4.79 Å². The summed E-state index contributed by atoms with van der Waals surface area (Å²) in [5.74, 6) is -0.253. The van der Waals surface area contributed by atoms with Crippen molar-refractivity contribution in [1.29, 1.82) is 0 Å². The first-order chi connectivity index (χ1) is 8.98. The maximum absolute atomic E-state index is 12.1. The van der Waals surface area contributed by atoms with E-state index in [4.69, 9.17) is 23.2 Å². The molecule has 0 aliphatic rings. The molecule has 112 valence electrons. The monoisotopic (exact) mass is 316 g/mol. The van der Waals surface area contributed by atoms with Gasteiger partial charge >= 0.3 is 0 Å². The highest BCUT2D eigenvalue weighted by molar-refractivity contribution is 6.35. The largest absolute Gasteiger partial charge is 0.287 e. The molecule has 0 aliphatic heterocycles. The summed E-state index contributed by atoms with van der Waals surface area (Å²) in [7, 11) is 0. The fraction of sp³-hybridized carbons (Fsp3) is 0.533. The minimum Gasteiger partial charge on any atom is -0.287 e. The van der Waals surface area contributed by atoms with Crippen LogP contribution in [0.2, 0.25) is 10.0 Å². The van der Waals surface area contributed by atoms with Crippen molar-refractivity contribution in [2.24, 2.45) is 5.41 Å². The first kappa shape index (κ1) is 17.3. The van der Waals surface area contributed by atoms with Crippen LogP contribution in [0.25, 0.3) is 0 Å². The maximum Gasteiger partial charge on any atom is 0.265 e. The lowest BCUT2D eigenvalue weighted by Crippen LogP contribution is -2.52. The molecule has 0 bridgehead atoms. The number of carbonyl (C=O) groups excluding carboxylic acids is 1. The number of hydrogen-bond donors (Lipinski definition) is 2. The van der Waals surface area contributed by atoms with E-state index in [-0.39, 0.29) is 16.9 Å². The second-order valence-electron chi connectivity index (χ2n) is 6.86. The summed E-state index contributed by atoms with van der Waals surface area (Å²) in [4.78, 5) is 12.1. The number of halogens is 2. The van der Waals surface area contributed by atoms with E-state index in [0.717, 1.165) is 6.42 Å². The molecule has 1 amide bonds. The highest BCUT2D eigenvalue weighted by Crippen LogP contribution is 2.26. The van der Waals surface area contributed by atoms with Gasteiger partial charge in [-0.15, -0.1) is 0 Å². The summed E-state index contributed by atoms with van der Waals surface area (Å²) < 4.78 is 0. The molecule has 20 heavy (non-hydrogen) atoms. The summed E-state index contributed by atoms with van der Waals surface area (Å²) in [5.41, 5.74) is 6.16. The van der Waals surface area contributed by atoms with Gasteiger partial charge in [-0.3, -0.25) is 10.2 Å². The van der Waals surface area contributed by atoms with Gasteiger partial charge in [-0.2, -0.15) is 0 Å². The van der Waals surface area contributed by atoms with Gasteiger partial charge < -0.3 is 0 Å². The third-order valence-corrected chi connectivity index (χ3v) is 3.05. The number of carbonyl (C=O) groups is 1. The molecule has 0 heterocycles. The standard InChI is InChI=1S/C15H22Cl2N2O/c1-14(2,3)9-15(4,5)19-18-13(20)10-6-11(16)8-12(17)7-10/h6-8,19H,9H2,1-5H3,(H,18,20). The third kappa shape index (κ3) is 6.12. The predicted molar refractivity (Wildman–Crippen MR) is 85.2 cm³/mol. The van der Waals surface area contributed by atoms with Crippen molar-refractivity contribution in [3.63, 3.8) is 0 Å². The topological polar surface area (TPSA) is 41.1 Å². The molecule has 0 aliphatic carbocycles. The van der Waals surface area contributed by atoms with E-state index in [2.05, 4.69) is 31.6 Å². The Labute approximate surface area is 131 Å². The van der Waals surface area contributed by atoms with E-state index in [9.17, 15) is 4.79 Å². The van der Waals surface area contributed by atoms with Crippen molar-refractivity contribution in [2.45, 2.75) is 46.6 Å². The zero-order valence-electron chi connectivity index (χ0n) is 12.6. The molecular weight excluding hydrogens is 295 g/mol. The van der Waals surface area contributed by atoms with Gasteiger partial charge in [0.15, 0.2) is 0 Å². The molecule has 0 saturated carbocycles. The Morgan fingerprint density at radius 2 is 1.55 bits per heavy atom. The molecule has 0 atom stereocenters. The van der Waals surface area contributed by atoms with Crippen molar-refractivity contribution in [3.05, 3.63) is 33.8 Å². The van der Waals surface area contributed by atoms with Crippen LogP contribution in [0.15, 0.2) is 18.2 Å². The summed E-state index contributed by atoms with van der Waals surface area (Å²) in [6, 6.07) is 4.76. The lowest BCUT2D eigenvalue weighted by molar-refractivity contribution is 0.0896. The average molecular weight is 317 g/mol. The molecule has 1 rings (SSSR count). The summed E-state index contributed by atoms with van der Waals surface area (Å²) in [6.07, 6.45) is 0.913. The van der Waals surface area contributed by atoms with E-state index in [0.29, 0.717) is 15.6 Å². The van der Waals surface area contributed by atoms with Crippen LogP contribution in [0, 0.1) is 5.41 Å². The van der Waals surface area contributed by atoms with Gasteiger partial charge in [0.05, 0.1) is 0 Å². The molecule has 2 N–H and O–H groups in total. The maximum atomic E-state index is 12.1. The van der Waals surface area contributed by atoms with Crippen molar-refractivity contribution >= 4 is 29.1 Å². The number of hydrazine groups is 1. The Morgan fingerprint density at radius 3 is 2.00 bits per heavy atom. The fourth-order valence-electron chi connectivity index (χ4n) is 2.35. The lowest BCUT2D eigenvalue weighted by Gasteiger charge is -2.33. The van der Waals surface area contributed by atoms with Gasteiger partial charge in [0, 0.05) is 21.1 Å². The van der Waals surface area contributed by atoms with Crippen LogP contribution in [-0.4, -0.2) is 11.4 Å². The van der Waals surface area contributed by atoms with Gasteiger partial charge in [-0.1, -0.05) is 44.0 Å². The van der Waals surface area contributed by atoms with Gasteiger partial charge in [0.1, 0.15) is 0 Å². The third-order valence-electron chi connectivity index (χ3n) is 2.61. The van der Waals surface area contributed by atoms with Crippen LogP contribution >= 0.6 is 23.2 Å². The molecule has 0 spiro atoms. The lowest BCUT2D eigenvalue weighted by atomic mass is 9.82. The van der Waals surface area contributed by atoms with Crippen LogP contribution in [0.1, 0.15) is 51.4 Å². The number of amides is 1. The summed E-state index contributed by atoms with van der Waals surface area (Å²) in [5, 5.41) is 0.883. The Kier molecular flexibility index (Phi) is 5.47. The van der Waals surface area contributed by atoms with E-state index in [1.807, 2.05) is 13.8 Å². The molecule has 3 nitrogen and oxygen atoms in total. The van der Waals surface area contributed by atoms with E-state index in [1.165, 1.54) is 0 Å². The first-order valence-electron chi connectivity index (χ1n) is 6.52. The molecule has 0 saturated heterocycles. The highest BCUT2D eigenvalue weighted by Gasteiger charge is 2.25. The van der Waals surface area contributed by atoms with Crippen LogP contribution in [0.5, 0.6) is 0 Å². The van der Waals surface area contributed by atoms with Gasteiger partial charge in [-0.05, 0) is 43.9 Å². The van der Waals surface area contributed by atoms with E-state index < -0.39 is 0 Å². The molecule has 5 heteroatoms. The minimum atomic E-state index is -0.253. The average Bonchev–Trinajstić information content (AvgIpc) is 2.21. The fourth-order valence-corrected chi connectivity index (χ4v) is 2.88. The zero-order chi connectivity index (χ0) is 15.6. The van der Waals surface area contributed by atoms with Crippen LogP contribution in [0.3, 0.4) is 0 Å². The second kappa shape index (κ2) is 6.33. The van der Waals surface area contributed by atoms with Crippen molar-refractivity contribution in [3.8, 4) is 0 Å². The first-order valence-corrected chi connectivity index (χ1v) is 7.28. The summed E-state index contributed by atoms with van der Waals surface area (Å²) >= 11 is 11.8. The van der Waals surface area contributed by atoms with E-state index in [1.54, 1.807) is 18.2 Å². The SMILES string of the molecule is CC(C)(C)CC(C)(C)NNC(=O)c1cc(Cl)cc(Cl)c1. The van der Waals surface area contributed by atoms with Gasteiger partial charge in [-0.25, -0.2) is 5.43 Å². The molecular formula is C15H22Cl2N2O. The number of nitrogens with one attached hydrogen (secondary N) is 2. The van der Waals surface area contributed by atoms with Crippen LogP contribution in [-0.2, 0) is 0 Å². The summed E-state index contributed by atoms with van der Waals surface area (Å²) in [6.45, 7) is 10.6. The molecule has 1 aromatic rings. The Morgan fingerprint density at radius 1 is 1.05 bits per heavy atom. The van der Waals surface area contributed by atoms with Crippen molar-refractivity contribution in [2.75, 3.05) is 0 Å². The van der Waals surface area contributed by atoms with Crippen LogP contribution < -0.4 is 10.9 Å². The zero-order valence-corrected chi connectivity index (χ0v) is 14.1. The quantitative estimate of drug-likeness (QED) is 0.806. The molecule has 0 radical (unpaired) electrons. The number of hydrogen-bond acceptors (Lipinski definition) is 2. The Balaban J connectivity index is 2.67. The molecule has 1 aromatic carbocycles. The van der Waals surface area contributed by atoms with Crippen LogP contribution in [0.4, 0.5) is 0 Å². The van der Waals surface area contributed by atoms with E-state index >= 15 is 0 Å². The molecule has 0 fully saturated rings. The minimum absolute atomic E-state index is 0.167. The normalized spacial score (nSPS) is 12.3. The number of rotatable bonds is 4. The molecule has 0 unspecified atom stereocenters. The van der Waals surface area contributed by atoms with Gasteiger partial charge in [0.2, 0.25) is 0 Å². The second-order valence-corrected chi connectivity index (χ2v) is 7.73. The predicted octanol–water partition coefficient (Wildman–Crippen LogP) is 4.44. The Hall–Kier alpha value is -0.770. The smallest absolute Gasteiger partial charge is 0.265 e. The number of benzene rings is 1.